The first-order valence-corrected chi connectivity index (χ1v) is 9.92. The monoisotopic (exact) mass is 348 g/mol. The van der Waals surface area contributed by atoms with Gasteiger partial charge in [-0.15, -0.1) is 10.2 Å². The first-order valence-electron chi connectivity index (χ1n) is 9.04. The Kier molecular flexibility index (Phi) is 4.52. The molecule has 2 aliphatic carbocycles. The standard InChI is InChI=1S/C17H24N4O2S/c22-15(8-14-7-11-3-4-12(14)6-11)21-5-1-2-13(9-21)16(23)19-17-20-18-10-24-17/h10-14H,1-9H2,(H,19,20,23)/t11-,12-,13+,14-/m0/s1. The second-order valence-corrected chi connectivity index (χ2v) is 8.38. The summed E-state index contributed by atoms with van der Waals surface area (Å²) >= 11 is 1.32. The molecule has 2 heterocycles. The van der Waals surface area contributed by atoms with Gasteiger partial charge in [0.15, 0.2) is 0 Å². The molecule has 6 nitrogen and oxygen atoms in total. The minimum atomic E-state index is -0.133. The van der Waals surface area contributed by atoms with Crippen LogP contribution in [0.2, 0.25) is 0 Å². The molecule has 0 radical (unpaired) electrons. The maximum atomic E-state index is 12.7. The highest BCUT2D eigenvalue weighted by molar-refractivity contribution is 7.13. The number of nitrogens with one attached hydrogen (secondary N) is 1. The van der Waals surface area contributed by atoms with Gasteiger partial charge in [-0.25, -0.2) is 0 Å². The molecular weight excluding hydrogens is 324 g/mol. The zero-order chi connectivity index (χ0) is 16.5. The number of nitrogens with zero attached hydrogens (tertiary/aromatic N) is 3. The Balaban J connectivity index is 1.31. The van der Waals surface area contributed by atoms with E-state index < -0.39 is 0 Å². The largest absolute Gasteiger partial charge is 0.342 e. The lowest BCUT2D eigenvalue weighted by Crippen LogP contribution is -2.44. The van der Waals surface area contributed by atoms with Crippen molar-refractivity contribution in [2.75, 3.05) is 18.4 Å². The fourth-order valence-electron chi connectivity index (χ4n) is 4.83. The molecule has 0 spiro atoms. The van der Waals surface area contributed by atoms with Gasteiger partial charge in [0.25, 0.3) is 0 Å². The molecule has 0 unspecified atom stereocenters. The summed E-state index contributed by atoms with van der Waals surface area (Å²) in [5.74, 6) is 2.32. The van der Waals surface area contributed by atoms with Crippen molar-refractivity contribution in [2.45, 2.75) is 44.9 Å². The maximum absolute atomic E-state index is 12.7. The predicted molar refractivity (Wildman–Crippen MR) is 91.4 cm³/mol. The third kappa shape index (κ3) is 3.31. The molecule has 2 bridgehead atoms. The Morgan fingerprint density at radius 2 is 2.21 bits per heavy atom. The molecule has 7 heteroatoms. The maximum Gasteiger partial charge on any atom is 0.231 e. The summed E-state index contributed by atoms with van der Waals surface area (Å²) in [5.41, 5.74) is 1.60. The summed E-state index contributed by atoms with van der Waals surface area (Å²) in [6.07, 6.45) is 7.68. The van der Waals surface area contributed by atoms with Crippen LogP contribution in [-0.4, -0.2) is 40.0 Å². The van der Waals surface area contributed by atoms with Crippen molar-refractivity contribution >= 4 is 28.3 Å². The van der Waals surface area contributed by atoms with Crippen molar-refractivity contribution in [1.29, 1.82) is 0 Å². The lowest BCUT2D eigenvalue weighted by Gasteiger charge is -2.33. The van der Waals surface area contributed by atoms with Crippen molar-refractivity contribution in [3.63, 3.8) is 0 Å². The van der Waals surface area contributed by atoms with E-state index in [1.54, 1.807) is 5.51 Å². The van der Waals surface area contributed by atoms with Crippen molar-refractivity contribution in [1.82, 2.24) is 15.1 Å². The molecule has 4 rings (SSSR count). The highest BCUT2D eigenvalue weighted by atomic mass is 32.1. The average molecular weight is 348 g/mol. The summed E-state index contributed by atoms with van der Waals surface area (Å²) in [6, 6.07) is 0. The van der Waals surface area contributed by atoms with Crippen LogP contribution in [0.4, 0.5) is 5.13 Å². The van der Waals surface area contributed by atoms with Crippen molar-refractivity contribution in [3.8, 4) is 0 Å². The van der Waals surface area contributed by atoms with Crippen LogP contribution in [0.5, 0.6) is 0 Å². The van der Waals surface area contributed by atoms with Gasteiger partial charge in [0, 0.05) is 19.5 Å². The molecule has 4 atom stereocenters. The average Bonchev–Trinajstić information content (AvgIpc) is 3.33. The highest BCUT2D eigenvalue weighted by Crippen LogP contribution is 2.49. The number of aromatic nitrogens is 2. The van der Waals surface area contributed by atoms with Crippen LogP contribution in [0.3, 0.4) is 0 Å². The van der Waals surface area contributed by atoms with Crippen LogP contribution < -0.4 is 5.32 Å². The number of piperidine rings is 1. The van der Waals surface area contributed by atoms with E-state index in [0.717, 1.165) is 31.2 Å². The van der Waals surface area contributed by atoms with Gasteiger partial charge in [0.2, 0.25) is 16.9 Å². The Morgan fingerprint density at radius 1 is 1.29 bits per heavy atom. The van der Waals surface area contributed by atoms with Gasteiger partial charge in [-0.05, 0) is 49.9 Å². The molecule has 1 aliphatic heterocycles. The van der Waals surface area contributed by atoms with Gasteiger partial charge >= 0.3 is 0 Å². The van der Waals surface area contributed by atoms with Gasteiger partial charge < -0.3 is 10.2 Å². The fraction of sp³-hybridized carbons (Fsp3) is 0.765. The van der Waals surface area contributed by atoms with Crippen LogP contribution in [0.25, 0.3) is 0 Å². The normalized spacial score (nSPS) is 32.1. The first kappa shape index (κ1) is 16.0. The minimum absolute atomic E-state index is 0.0378. The second kappa shape index (κ2) is 6.78. The zero-order valence-electron chi connectivity index (χ0n) is 13.8. The molecule has 2 amide bonds. The Bertz CT molecular complexity index is 606. The zero-order valence-corrected chi connectivity index (χ0v) is 14.6. The van der Waals surface area contributed by atoms with E-state index in [4.69, 9.17) is 0 Å². The van der Waals surface area contributed by atoms with E-state index in [1.807, 2.05) is 4.90 Å². The third-order valence-electron chi connectivity index (χ3n) is 6.06. The summed E-state index contributed by atoms with van der Waals surface area (Å²) in [4.78, 5) is 27.0. The van der Waals surface area contributed by atoms with E-state index in [-0.39, 0.29) is 17.7 Å². The lowest BCUT2D eigenvalue weighted by atomic mass is 9.85. The number of rotatable bonds is 4. The second-order valence-electron chi connectivity index (χ2n) is 7.55. The summed E-state index contributed by atoms with van der Waals surface area (Å²) < 4.78 is 0. The Morgan fingerprint density at radius 3 is 2.92 bits per heavy atom. The first-order chi connectivity index (χ1) is 11.7. The molecule has 2 saturated carbocycles. The Hall–Kier alpha value is -1.50. The number of carbonyl (C=O) groups excluding carboxylic acids is 2. The number of hydrogen-bond donors (Lipinski definition) is 1. The van der Waals surface area contributed by atoms with E-state index in [2.05, 4.69) is 15.5 Å². The quantitative estimate of drug-likeness (QED) is 0.907. The van der Waals surface area contributed by atoms with Gasteiger partial charge in [0.1, 0.15) is 5.51 Å². The molecule has 3 fully saturated rings. The molecule has 1 aromatic heterocycles. The molecule has 1 saturated heterocycles. The van der Waals surface area contributed by atoms with Crippen LogP contribution in [0, 0.1) is 23.7 Å². The molecule has 0 aromatic carbocycles. The fourth-order valence-corrected chi connectivity index (χ4v) is 5.28. The molecule has 130 valence electrons. The van der Waals surface area contributed by atoms with Crippen molar-refractivity contribution in [3.05, 3.63) is 5.51 Å². The minimum Gasteiger partial charge on any atom is -0.342 e. The predicted octanol–water partition coefficient (Wildman–Crippen LogP) is 2.54. The number of fused-ring (bicyclic) bond motifs is 2. The third-order valence-corrected chi connectivity index (χ3v) is 6.66. The summed E-state index contributed by atoms with van der Waals surface area (Å²) in [5, 5.41) is 10.9. The topological polar surface area (TPSA) is 75.2 Å². The lowest BCUT2D eigenvalue weighted by molar-refractivity contribution is -0.135. The van der Waals surface area contributed by atoms with Crippen molar-refractivity contribution in [2.24, 2.45) is 23.7 Å². The summed E-state index contributed by atoms with van der Waals surface area (Å²) in [7, 11) is 0. The molecule has 24 heavy (non-hydrogen) atoms. The van der Waals surface area contributed by atoms with E-state index >= 15 is 0 Å². The van der Waals surface area contributed by atoms with E-state index in [9.17, 15) is 9.59 Å². The smallest absolute Gasteiger partial charge is 0.231 e. The number of likely N-dealkylation sites (tertiary alicyclic amines) is 1. The molecule has 3 aliphatic rings. The van der Waals surface area contributed by atoms with Gasteiger partial charge in [0.05, 0.1) is 5.92 Å². The van der Waals surface area contributed by atoms with Crippen LogP contribution >= 0.6 is 11.3 Å². The van der Waals surface area contributed by atoms with E-state index in [1.165, 1.54) is 37.0 Å². The molecule has 1 aromatic rings. The van der Waals surface area contributed by atoms with Gasteiger partial charge in [-0.2, -0.15) is 0 Å². The molecular formula is C17H24N4O2S. The van der Waals surface area contributed by atoms with Crippen LogP contribution in [-0.2, 0) is 9.59 Å². The number of amides is 2. The van der Waals surface area contributed by atoms with Crippen molar-refractivity contribution < 1.29 is 9.59 Å². The molecule has 1 N–H and O–H groups in total. The van der Waals surface area contributed by atoms with Gasteiger partial charge in [-0.3, -0.25) is 9.59 Å². The SMILES string of the molecule is O=C(Nc1nncs1)[C@@H]1CCCN(C(=O)C[C@@H]2C[C@H]3CC[C@H]2C3)C1. The number of anilines is 1. The van der Waals surface area contributed by atoms with Crippen LogP contribution in [0.15, 0.2) is 5.51 Å². The van der Waals surface area contributed by atoms with E-state index in [0.29, 0.717) is 24.0 Å². The summed E-state index contributed by atoms with van der Waals surface area (Å²) in [6.45, 7) is 1.34. The number of hydrogen-bond acceptors (Lipinski definition) is 5. The highest BCUT2D eigenvalue weighted by Gasteiger charge is 2.41. The Labute approximate surface area is 146 Å². The number of carbonyl (C=O) groups is 2. The van der Waals surface area contributed by atoms with Crippen LogP contribution in [0.1, 0.15) is 44.9 Å². The van der Waals surface area contributed by atoms with Gasteiger partial charge in [-0.1, -0.05) is 17.8 Å².